The van der Waals surface area contributed by atoms with Crippen LogP contribution in [0.15, 0.2) is 66.7 Å². The number of alkyl halides is 6. The zero-order valence-electron chi connectivity index (χ0n) is 20.9. The number of aromatic amines is 1. The number of aliphatic carboxylic acids is 1. The van der Waals surface area contributed by atoms with E-state index in [1.165, 1.54) is 11.6 Å². The van der Waals surface area contributed by atoms with Gasteiger partial charge in [-0.05, 0) is 59.9 Å². The van der Waals surface area contributed by atoms with E-state index < -0.39 is 23.9 Å². The summed E-state index contributed by atoms with van der Waals surface area (Å²) >= 11 is 0. The Kier molecular flexibility index (Phi) is 8.79. The van der Waals surface area contributed by atoms with Crippen molar-refractivity contribution < 1.29 is 41.0 Å². The Balaban J connectivity index is 0.000000470. The molecule has 4 aromatic rings. The number of halogens is 6. The van der Waals surface area contributed by atoms with Crippen LogP contribution in [-0.4, -0.2) is 46.5 Å². The first-order chi connectivity index (χ1) is 18.9. The fourth-order valence-electron chi connectivity index (χ4n) is 4.21. The van der Waals surface area contributed by atoms with Gasteiger partial charge in [-0.2, -0.15) is 26.3 Å². The van der Waals surface area contributed by atoms with E-state index in [0.29, 0.717) is 23.0 Å². The van der Waals surface area contributed by atoms with Gasteiger partial charge >= 0.3 is 18.3 Å². The van der Waals surface area contributed by atoms with E-state index in [-0.39, 0.29) is 0 Å². The molecule has 0 aliphatic carbocycles. The van der Waals surface area contributed by atoms with Gasteiger partial charge in [0.25, 0.3) is 0 Å². The summed E-state index contributed by atoms with van der Waals surface area (Å²) in [7, 11) is 0. The van der Waals surface area contributed by atoms with E-state index in [1.54, 1.807) is 0 Å². The number of carboxylic acids is 1. The van der Waals surface area contributed by atoms with Crippen LogP contribution >= 0.6 is 0 Å². The van der Waals surface area contributed by atoms with Crippen molar-refractivity contribution in [3.8, 4) is 22.5 Å². The number of nitrogens with zero attached hydrogens (tertiary/aromatic N) is 1. The summed E-state index contributed by atoms with van der Waals surface area (Å²) in [6, 6.07) is 19.7. The summed E-state index contributed by atoms with van der Waals surface area (Å²) < 4.78 is 76.5. The monoisotopic (exact) mass is 565 g/mol. The molecule has 1 aromatic heterocycles. The number of aromatic nitrogens is 2. The second kappa shape index (κ2) is 12.1. The zero-order chi connectivity index (χ0) is 28.9. The number of carboxylic acid groups (broad SMARTS) is 1. The second-order valence-electron chi connectivity index (χ2n) is 9.17. The number of rotatable bonds is 6. The smallest absolute Gasteiger partial charge is 0.475 e. The van der Waals surface area contributed by atoms with Gasteiger partial charge in [0.15, 0.2) is 0 Å². The highest BCUT2D eigenvalue weighted by Gasteiger charge is 2.38. The minimum Gasteiger partial charge on any atom is -0.475 e. The molecule has 5 rings (SSSR count). The van der Waals surface area contributed by atoms with Crippen LogP contribution in [0.2, 0.25) is 0 Å². The number of H-pyrrole nitrogens is 1. The quantitative estimate of drug-likeness (QED) is 0.224. The van der Waals surface area contributed by atoms with Gasteiger partial charge in [0, 0.05) is 25.3 Å². The second-order valence-corrected chi connectivity index (χ2v) is 9.17. The largest absolute Gasteiger partial charge is 0.490 e. The van der Waals surface area contributed by atoms with Crippen molar-refractivity contribution in [1.82, 2.24) is 15.3 Å². The SMILES string of the molecule is FC(F)(F)c1ccc2nc(-c3cccc(-c4cccc(CNCC5CCCO5)c4)c3)[nH]c2c1.O=C(O)C(F)(F)F. The highest BCUT2D eigenvalue weighted by atomic mass is 19.4. The van der Waals surface area contributed by atoms with Gasteiger partial charge in [-0.25, -0.2) is 9.78 Å². The number of imidazole rings is 1. The Hall–Kier alpha value is -3.90. The first kappa shape index (κ1) is 29.1. The van der Waals surface area contributed by atoms with E-state index in [9.17, 15) is 26.3 Å². The standard InChI is InChI=1S/C26H24F3N3O.C2HF3O2/c27-26(28,29)21-9-10-23-24(14-21)32-25(31-23)20-7-2-6-19(13-20)18-5-1-4-17(12-18)15-30-16-22-8-3-11-33-22;3-2(4,5)1(6)7/h1-2,4-7,9-10,12-14,22,30H,3,8,11,15-16H2,(H,31,32);(H,6,7). The van der Waals surface area contributed by atoms with Crippen LogP contribution in [-0.2, 0) is 22.3 Å². The van der Waals surface area contributed by atoms with E-state index >= 15 is 0 Å². The predicted octanol–water partition coefficient (Wildman–Crippen LogP) is 6.82. The molecule has 1 saturated heterocycles. The van der Waals surface area contributed by atoms with Gasteiger partial charge in [-0.1, -0.05) is 36.4 Å². The van der Waals surface area contributed by atoms with Crippen LogP contribution in [0.1, 0.15) is 24.0 Å². The summed E-state index contributed by atoms with van der Waals surface area (Å²) in [6.07, 6.45) is -6.92. The summed E-state index contributed by atoms with van der Waals surface area (Å²) in [5.41, 5.74) is 4.27. The highest BCUT2D eigenvalue weighted by molar-refractivity contribution is 5.81. The molecule has 0 spiro atoms. The molecule has 40 heavy (non-hydrogen) atoms. The molecule has 212 valence electrons. The lowest BCUT2D eigenvalue weighted by molar-refractivity contribution is -0.192. The van der Waals surface area contributed by atoms with Crippen molar-refractivity contribution in [3.05, 3.63) is 77.9 Å². The van der Waals surface area contributed by atoms with Gasteiger partial charge in [0.05, 0.1) is 22.7 Å². The van der Waals surface area contributed by atoms with E-state index in [2.05, 4.69) is 33.5 Å². The van der Waals surface area contributed by atoms with Gasteiger partial charge in [-0.3, -0.25) is 0 Å². The minimum absolute atomic E-state index is 0.306. The maximum atomic E-state index is 13.0. The summed E-state index contributed by atoms with van der Waals surface area (Å²) in [5, 5.41) is 10.6. The van der Waals surface area contributed by atoms with Gasteiger partial charge in [-0.15, -0.1) is 0 Å². The molecule has 1 unspecified atom stereocenters. The molecule has 0 bridgehead atoms. The molecule has 6 nitrogen and oxygen atoms in total. The van der Waals surface area contributed by atoms with Crippen LogP contribution in [0.3, 0.4) is 0 Å². The normalized spacial score (nSPS) is 15.6. The molecule has 0 radical (unpaired) electrons. The average molecular weight is 566 g/mol. The van der Waals surface area contributed by atoms with Crippen LogP contribution in [0.4, 0.5) is 26.3 Å². The summed E-state index contributed by atoms with van der Waals surface area (Å²) in [6.45, 7) is 2.47. The molecular weight excluding hydrogens is 540 g/mol. The molecule has 2 heterocycles. The Morgan fingerprint density at radius 1 is 0.975 bits per heavy atom. The number of fused-ring (bicyclic) bond motifs is 1. The Morgan fingerprint density at radius 2 is 1.65 bits per heavy atom. The molecular formula is C28H25F6N3O3. The van der Waals surface area contributed by atoms with Crippen molar-refractivity contribution >= 4 is 17.0 Å². The number of hydrogen-bond donors (Lipinski definition) is 3. The minimum atomic E-state index is -5.08. The molecule has 12 heteroatoms. The molecule has 0 saturated carbocycles. The van der Waals surface area contributed by atoms with Crippen LogP contribution < -0.4 is 5.32 Å². The van der Waals surface area contributed by atoms with Gasteiger partial charge in [0.2, 0.25) is 0 Å². The fraction of sp³-hybridized carbons (Fsp3) is 0.286. The Labute approximate surface area is 225 Å². The molecule has 1 fully saturated rings. The average Bonchev–Trinajstić information content (AvgIpc) is 3.58. The molecule has 3 aromatic carbocycles. The highest BCUT2D eigenvalue weighted by Crippen LogP contribution is 2.32. The summed E-state index contributed by atoms with van der Waals surface area (Å²) in [5.74, 6) is -2.21. The number of nitrogens with one attached hydrogen (secondary N) is 2. The topological polar surface area (TPSA) is 87.2 Å². The predicted molar refractivity (Wildman–Crippen MR) is 136 cm³/mol. The van der Waals surface area contributed by atoms with Crippen molar-refractivity contribution in [2.24, 2.45) is 0 Å². The number of benzene rings is 3. The zero-order valence-corrected chi connectivity index (χ0v) is 20.9. The molecule has 1 aliphatic heterocycles. The maximum absolute atomic E-state index is 13.0. The Bertz CT molecular complexity index is 1460. The van der Waals surface area contributed by atoms with Crippen LogP contribution in [0.5, 0.6) is 0 Å². The number of carbonyl (C=O) groups is 1. The first-order valence-electron chi connectivity index (χ1n) is 12.3. The maximum Gasteiger partial charge on any atom is 0.490 e. The van der Waals surface area contributed by atoms with E-state index in [1.807, 2.05) is 30.3 Å². The van der Waals surface area contributed by atoms with Crippen molar-refractivity contribution in [1.29, 1.82) is 0 Å². The summed E-state index contributed by atoms with van der Waals surface area (Å²) in [4.78, 5) is 16.4. The molecule has 1 aliphatic rings. The fourth-order valence-corrected chi connectivity index (χ4v) is 4.21. The third-order valence-corrected chi connectivity index (χ3v) is 6.17. The molecule has 1 atom stereocenters. The first-order valence-corrected chi connectivity index (χ1v) is 12.3. The lowest BCUT2D eigenvalue weighted by Crippen LogP contribution is -2.25. The molecule has 0 amide bonds. The number of ether oxygens (including phenoxy) is 1. The third-order valence-electron chi connectivity index (χ3n) is 6.17. The lowest BCUT2D eigenvalue weighted by atomic mass is 10.0. The van der Waals surface area contributed by atoms with E-state index in [4.69, 9.17) is 14.6 Å². The van der Waals surface area contributed by atoms with Crippen molar-refractivity contribution in [2.45, 2.75) is 37.8 Å². The lowest BCUT2D eigenvalue weighted by Gasteiger charge is -2.11. The third kappa shape index (κ3) is 7.60. The van der Waals surface area contributed by atoms with Crippen LogP contribution in [0.25, 0.3) is 33.5 Å². The van der Waals surface area contributed by atoms with Crippen molar-refractivity contribution in [2.75, 3.05) is 13.2 Å². The Morgan fingerprint density at radius 3 is 2.30 bits per heavy atom. The molecule has 3 N–H and O–H groups in total. The van der Waals surface area contributed by atoms with Gasteiger partial charge in [0.1, 0.15) is 5.82 Å². The van der Waals surface area contributed by atoms with E-state index in [0.717, 1.165) is 61.4 Å². The van der Waals surface area contributed by atoms with Gasteiger partial charge < -0.3 is 20.1 Å². The number of hydrogen-bond acceptors (Lipinski definition) is 4. The van der Waals surface area contributed by atoms with Crippen molar-refractivity contribution in [3.63, 3.8) is 0 Å². The van der Waals surface area contributed by atoms with Crippen LogP contribution in [0, 0.1) is 0 Å².